The second kappa shape index (κ2) is 3.67. The van der Waals surface area contributed by atoms with E-state index in [0.29, 0.717) is 5.56 Å². The quantitative estimate of drug-likeness (QED) is 0.657. The lowest BCUT2D eigenvalue weighted by atomic mass is 10.1. The van der Waals surface area contributed by atoms with E-state index in [2.05, 4.69) is 4.98 Å². The Balaban J connectivity index is 3.46. The van der Waals surface area contributed by atoms with E-state index in [-0.39, 0.29) is 10.7 Å². The molecule has 0 aliphatic rings. The first-order valence-corrected chi connectivity index (χ1v) is 3.79. The Hall–Kier alpha value is -1.21. The van der Waals surface area contributed by atoms with E-state index in [1.54, 1.807) is 6.07 Å². The Labute approximate surface area is 78.8 Å². The van der Waals surface area contributed by atoms with Gasteiger partial charge in [-0.15, -0.1) is 0 Å². The number of rotatable bonds is 1. The molecule has 0 radical (unpaired) electrons. The number of nitrogens with zero attached hydrogens (tertiary/aromatic N) is 2. The summed E-state index contributed by atoms with van der Waals surface area (Å²) >= 11 is 5.43. The average molecular weight is 203 g/mol. The van der Waals surface area contributed by atoms with Gasteiger partial charge >= 0.3 is 0 Å². The van der Waals surface area contributed by atoms with Gasteiger partial charge in [-0.25, -0.2) is 13.8 Å². The van der Waals surface area contributed by atoms with Gasteiger partial charge in [0.1, 0.15) is 11.2 Å². The van der Waals surface area contributed by atoms with Crippen molar-refractivity contribution in [1.82, 2.24) is 4.98 Å². The summed E-state index contributed by atoms with van der Waals surface area (Å²) < 4.78 is 24.8. The van der Waals surface area contributed by atoms with Crippen LogP contribution in [-0.4, -0.2) is 4.98 Å². The number of nitriles is 1. The summed E-state index contributed by atoms with van der Waals surface area (Å²) in [6, 6.07) is 1.68. The van der Waals surface area contributed by atoms with Crippen LogP contribution in [0.5, 0.6) is 0 Å². The lowest BCUT2D eigenvalue weighted by molar-refractivity contribution is 0.150. The number of halogens is 3. The van der Waals surface area contributed by atoms with Crippen molar-refractivity contribution in [2.45, 2.75) is 13.3 Å². The largest absolute Gasteiger partial charge is 0.268 e. The molecule has 0 aliphatic carbocycles. The summed E-state index contributed by atoms with van der Waals surface area (Å²) in [7, 11) is 0. The first-order chi connectivity index (χ1) is 6.07. The van der Waals surface area contributed by atoms with E-state index >= 15 is 0 Å². The zero-order valence-corrected chi connectivity index (χ0v) is 7.44. The smallest absolute Gasteiger partial charge is 0.244 e. The molecule has 2 nitrogen and oxygen atoms in total. The van der Waals surface area contributed by atoms with Crippen LogP contribution in [0.2, 0.25) is 5.15 Å². The van der Waals surface area contributed by atoms with Gasteiger partial charge in [-0.2, -0.15) is 5.26 Å². The van der Waals surface area contributed by atoms with Gasteiger partial charge in [-0.3, -0.25) is 0 Å². The minimum Gasteiger partial charge on any atom is -0.244 e. The topological polar surface area (TPSA) is 36.7 Å². The summed E-state index contributed by atoms with van der Waals surface area (Å²) in [4.78, 5) is 3.54. The van der Waals surface area contributed by atoms with Gasteiger partial charge in [0.15, 0.2) is 0 Å². The van der Waals surface area contributed by atoms with Crippen LogP contribution in [0.1, 0.15) is 23.1 Å². The molecule has 5 heteroatoms. The van der Waals surface area contributed by atoms with Gasteiger partial charge in [0, 0.05) is 6.20 Å². The lowest BCUT2D eigenvalue weighted by Crippen LogP contribution is -1.97. The van der Waals surface area contributed by atoms with Crippen molar-refractivity contribution in [2.24, 2.45) is 0 Å². The van der Waals surface area contributed by atoms with Crippen molar-refractivity contribution in [3.05, 3.63) is 28.0 Å². The Morgan fingerprint density at radius 1 is 1.62 bits per heavy atom. The molecule has 0 bridgehead atoms. The summed E-state index contributed by atoms with van der Waals surface area (Å²) in [5.74, 6) is 0. The van der Waals surface area contributed by atoms with Crippen molar-refractivity contribution in [3.63, 3.8) is 0 Å². The fourth-order valence-electron chi connectivity index (χ4n) is 0.951. The van der Waals surface area contributed by atoms with Crippen molar-refractivity contribution in [3.8, 4) is 6.07 Å². The molecule has 0 saturated heterocycles. The maximum atomic E-state index is 12.4. The molecule has 0 saturated carbocycles. The second-order valence-electron chi connectivity index (χ2n) is 2.43. The van der Waals surface area contributed by atoms with Crippen LogP contribution < -0.4 is 0 Å². The zero-order chi connectivity index (χ0) is 10.0. The molecule has 1 heterocycles. The van der Waals surface area contributed by atoms with Crippen LogP contribution in [0, 0.1) is 18.3 Å². The molecule has 0 N–H and O–H groups in total. The summed E-state index contributed by atoms with van der Waals surface area (Å²) in [5.41, 5.74) is -0.165. The van der Waals surface area contributed by atoms with Gasteiger partial charge in [-0.1, -0.05) is 11.6 Å². The molecular weight excluding hydrogens is 198 g/mol. The Morgan fingerprint density at radius 2 is 2.23 bits per heavy atom. The minimum absolute atomic E-state index is 0.0880. The molecule has 68 valence electrons. The summed E-state index contributed by atoms with van der Waals surface area (Å²) in [5, 5.41) is 8.29. The number of hydrogen-bond acceptors (Lipinski definition) is 2. The van der Waals surface area contributed by atoms with E-state index in [9.17, 15) is 8.78 Å². The maximum Gasteiger partial charge on any atom is 0.268 e. The molecule has 0 amide bonds. The fourth-order valence-corrected chi connectivity index (χ4v) is 1.18. The lowest BCUT2D eigenvalue weighted by Gasteiger charge is -2.06. The van der Waals surface area contributed by atoms with Crippen molar-refractivity contribution in [1.29, 1.82) is 5.26 Å². The van der Waals surface area contributed by atoms with E-state index in [0.717, 1.165) is 0 Å². The molecular formula is C8H5ClF2N2. The van der Waals surface area contributed by atoms with E-state index in [4.69, 9.17) is 16.9 Å². The molecule has 1 rings (SSSR count). The van der Waals surface area contributed by atoms with Crippen molar-refractivity contribution < 1.29 is 8.78 Å². The van der Waals surface area contributed by atoms with E-state index < -0.39 is 12.0 Å². The predicted molar refractivity (Wildman–Crippen MR) is 43.7 cm³/mol. The van der Waals surface area contributed by atoms with Gasteiger partial charge in [0.2, 0.25) is 0 Å². The van der Waals surface area contributed by atoms with Gasteiger partial charge in [0.05, 0.1) is 11.1 Å². The number of aryl methyl sites for hydroxylation is 1. The van der Waals surface area contributed by atoms with Crippen molar-refractivity contribution >= 4 is 11.6 Å². The molecule has 0 atom stereocenters. The molecule has 1 aromatic rings. The Kier molecular flexibility index (Phi) is 2.79. The van der Waals surface area contributed by atoms with Gasteiger partial charge in [-0.05, 0) is 12.5 Å². The van der Waals surface area contributed by atoms with Crippen LogP contribution in [0.3, 0.4) is 0 Å². The zero-order valence-electron chi connectivity index (χ0n) is 6.68. The van der Waals surface area contributed by atoms with Crippen molar-refractivity contribution in [2.75, 3.05) is 0 Å². The Bertz CT molecular complexity index is 371. The second-order valence-corrected chi connectivity index (χ2v) is 2.79. The highest BCUT2D eigenvalue weighted by Crippen LogP contribution is 2.29. The molecule has 13 heavy (non-hydrogen) atoms. The average Bonchev–Trinajstić information content (AvgIpc) is 2.07. The van der Waals surface area contributed by atoms with E-state index in [1.165, 1.54) is 13.1 Å². The number of alkyl halides is 2. The highest BCUT2D eigenvalue weighted by molar-refractivity contribution is 6.30. The molecule has 0 aliphatic heterocycles. The number of pyridine rings is 1. The van der Waals surface area contributed by atoms with Crippen LogP contribution in [-0.2, 0) is 0 Å². The SMILES string of the molecule is Cc1cnc(Cl)c(C(F)F)c1C#N. The van der Waals surface area contributed by atoms with Crippen LogP contribution in [0.4, 0.5) is 8.78 Å². The predicted octanol–water partition coefficient (Wildman–Crippen LogP) is 2.85. The minimum atomic E-state index is -2.77. The first-order valence-electron chi connectivity index (χ1n) is 3.41. The first kappa shape index (κ1) is 9.87. The number of aromatic nitrogens is 1. The molecule has 1 aromatic heterocycles. The standard InChI is InChI=1S/C8H5ClF2N2/c1-4-3-13-7(9)6(8(10)11)5(4)2-12/h3,8H,1H3. The van der Waals surface area contributed by atoms with Crippen LogP contribution in [0.15, 0.2) is 6.20 Å². The third kappa shape index (κ3) is 1.76. The third-order valence-electron chi connectivity index (χ3n) is 1.59. The van der Waals surface area contributed by atoms with Gasteiger partial charge in [0.25, 0.3) is 6.43 Å². The molecule has 0 unspecified atom stereocenters. The molecule has 0 fully saturated rings. The highest BCUT2D eigenvalue weighted by atomic mass is 35.5. The fraction of sp³-hybridized carbons (Fsp3) is 0.250. The maximum absolute atomic E-state index is 12.4. The summed E-state index contributed by atoms with van der Waals surface area (Å²) in [6.45, 7) is 1.54. The molecule has 0 spiro atoms. The van der Waals surface area contributed by atoms with E-state index in [1.807, 2.05) is 0 Å². The Morgan fingerprint density at radius 3 is 2.62 bits per heavy atom. The summed E-state index contributed by atoms with van der Waals surface area (Å²) in [6.07, 6.45) is -1.47. The third-order valence-corrected chi connectivity index (χ3v) is 1.89. The molecule has 0 aromatic carbocycles. The van der Waals surface area contributed by atoms with Crippen LogP contribution in [0.25, 0.3) is 0 Å². The highest BCUT2D eigenvalue weighted by Gasteiger charge is 2.19. The number of hydrogen-bond donors (Lipinski definition) is 0. The monoisotopic (exact) mass is 202 g/mol. The van der Waals surface area contributed by atoms with Crippen LogP contribution >= 0.6 is 11.6 Å². The van der Waals surface area contributed by atoms with Gasteiger partial charge < -0.3 is 0 Å². The normalized spacial score (nSPS) is 10.2.